The number of aromatic nitrogens is 1. The third kappa shape index (κ3) is 3.81. The van der Waals surface area contributed by atoms with Gasteiger partial charge >= 0.3 is 5.97 Å². The summed E-state index contributed by atoms with van der Waals surface area (Å²) in [6, 6.07) is 6.99. The van der Waals surface area contributed by atoms with E-state index in [1.54, 1.807) is 41.3 Å². The number of aromatic carboxylic acids is 1. The van der Waals surface area contributed by atoms with Crippen LogP contribution < -0.4 is 0 Å². The van der Waals surface area contributed by atoms with Crippen molar-refractivity contribution in [2.45, 2.75) is 30.4 Å². The van der Waals surface area contributed by atoms with Crippen molar-refractivity contribution in [3.8, 4) is 0 Å². The van der Waals surface area contributed by atoms with Crippen LogP contribution in [0, 0.1) is 0 Å². The molecule has 0 fully saturated rings. The minimum absolute atomic E-state index is 0.325. The molecule has 0 aliphatic carbocycles. The molecule has 0 amide bonds. The first-order valence-corrected chi connectivity index (χ1v) is 7.83. The predicted octanol–water partition coefficient (Wildman–Crippen LogP) is 4.26. The maximum atomic E-state index is 10.9. The Morgan fingerprint density at radius 2 is 2.26 bits per heavy atom. The van der Waals surface area contributed by atoms with Gasteiger partial charge < -0.3 is 5.11 Å². The second kappa shape index (κ2) is 6.21. The molecule has 3 nitrogen and oxygen atoms in total. The molecule has 0 aliphatic rings. The van der Waals surface area contributed by atoms with Gasteiger partial charge in [-0.25, -0.2) is 9.78 Å². The van der Waals surface area contributed by atoms with Gasteiger partial charge in [-0.1, -0.05) is 19.9 Å². The summed E-state index contributed by atoms with van der Waals surface area (Å²) in [6.45, 7) is 4.26. The van der Waals surface area contributed by atoms with Crippen LogP contribution in [-0.4, -0.2) is 16.1 Å². The van der Waals surface area contributed by atoms with E-state index < -0.39 is 5.97 Å². The first-order valence-electron chi connectivity index (χ1n) is 5.96. The van der Waals surface area contributed by atoms with Crippen molar-refractivity contribution in [1.29, 1.82) is 0 Å². The fourth-order valence-corrected chi connectivity index (χ4v) is 3.32. The molecule has 1 heterocycles. The Labute approximate surface area is 120 Å². The molecule has 0 radical (unpaired) electrons. The van der Waals surface area contributed by atoms with Gasteiger partial charge in [0.15, 0.2) is 0 Å². The van der Waals surface area contributed by atoms with Crippen LogP contribution in [0.15, 0.2) is 34.5 Å². The van der Waals surface area contributed by atoms with E-state index in [2.05, 4.69) is 24.2 Å². The summed E-state index contributed by atoms with van der Waals surface area (Å²) in [4.78, 5) is 16.4. The highest BCUT2D eigenvalue weighted by atomic mass is 32.2. The second-order valence-electron chi connectivity index (χ2n) is 4.45. The molecule has 1 aromatic heterocycles. The quantitative estimate of drug-likeness (QED) is 0.837. The lowest BCUT2D eigenvalue weighted by molar-refractivity contribution is 0.0696. The zero-order valence-electron chi connectivity index (χ0n) is 10.8. The second-order valence-corrected chi connectivity index (χ2v) is 6.39. The Bertz CT molecular complexity index is 578. The minimum Gasteiger partial charge on any atom is -0.478 e. The molecule has 0 aliphatic heterocycles. The van der Waals surface area contributed by atoms with E-state index in [9.17, 15) is 4.79 Å². The molecule has 0 saturated carbocycles. The van der Waals surface area contributed by atoms with Crippen molar-refractivity contribution in [3.05, 3.63) is 45.9 Å². The van der Waals surface area contributed by atoms with Gasteiger partial charge in [0.25, 0.3) is 0 Å². The molecule has 19 heavy (non-hydrogen) atoms. The van der Waals surface area contributed by atoms with E-state index in [1.165, 1.54) is 0 Å². The molecular weight excluding hydrogens is 278 g/mol. The van der Waals surface area contributed by atoms with E-state index in [0.29, 0.717) is 11.5 Å². The summed E-state index contributed by atoms with van der Waals surface area (Å²) in [5.74, 6) is 0.337. The number of nitrogens with zero attached hydrogens (tertiary/aromatic N) is 1. The van der Waals surface area contributed by atoms with Crippen LogP contribution in [0.3, 0.4) is 0 Å². The van der Waals surface area contributed by atoms with Crippen LogP contribution in [-0.2, 0) is 5.75 Å². The average Bonchev–Trinajstić information content (AvgIpc) is 2.85. The molecule has 0 bridgehead atoms. The fraction of sp³-hybridized carbons (Fsp3) is 0.286. The maximum Gasteiger partial charge on any atom is 0.335 e. The van der Waals surface area contributed by atoms with Crippen LogP contribution in [0.5, 0.6) is 0 Å². The lowest BCUT2D eigenvalue weighted by atomic mass is 10.2. The maximum absolute atomic E-state index is 10.9. The van der Waals surface area contributed by atoms with E-state index in [0.717, 1.165) is 21.3 Å². The number of hydrogen-bond donors (Lipinski definition) is 1. The van der Waals surface area contributed by atoms with Gasteiger partial charge in [0.05, 0.1) is 16.3 Å². The number of rotatable bonds is 5. The molecule has 0 saturated heterocycles. The normalized spacial score (nSPS) is 10.9. The van der Waals surface area contributed by atoms with Crippen molar-refractivity contribution >= 4 is 29.1 Å². The zero-order valence-corrected chi connectivity index (χ0v) is 12.4. The minimum atomic E-state index is -0.891. The lowest BCUT2D eigenvalue weighted by Gasteiger charge is -2.01. The van der Waals surface area contributed by atoms with Gasteiger partial charge in [-0.2, -0.15) is 0 Å². The third-order valence-electron chi connectivity index (χ3n) is 2.53. The van der Waals surface area contributed by atoms with Crippen LogP contribution >= 0.6 is 23.1 Å². The van der Waals surface area contributed by atoms with Crippen LogP contribution in [0.1, 0.15) is 40.8 Å². The standard InChI is InChI=1S/C14H15NO2S2/c1-9(2)13-15-11(8-19-13)7-18-12-5-3-4-10(6-12)14(16)17/h3-6,8-9H,7H2,1-2H3,(H,16,17). The van der Waals surface area contributed by atoms with Crippen molar-refractivity contribution in [2.24, 2.45) is 0 Å². The molecular formula is C14H15NO2S2. The van der Waals surface area contributed by atoms with Gasteiger partial charge in [0.1, 0.15) is 0 Å². The highest BCUT2D eigenvalue weighted by molar-refractivity contribution is 7.98. The summed E-state index contributed by atoms with van der Waals surface area (Å²) < 4.78 is 0. The number of carboxylic acid groups (broad SMARTS) is 1. The Kier molecular flexibility index (Phi) is 4.61. The first-order chi connectivity index (χ1) is 9.06. The Hall–Kier alpha value is -1.33. The Morgan fingerprint density at radius 3 is 2.89 bits per heavy atom. The van der Waals surface area contributed by atoms with Crippen molar-refractivity contribution in [3.63, 3.8) is 0 Å². The number of thiazole rings is 1. The van der Waals surface area contributed by atoms with Crippen molar-refractivity contribution in [1.82, 2.24) is 4.98 Å². The Balaban J connectivity index is 2.01. The van der Waals surface area contributed by atoms with Gasteiger partial charge in [0.2, 0.25) is 0 Å². The van der Waals surface area contributed by atoms with E-state index >= 15 is 0 Å². The molecule has 5 heteroatoms. The lowest BCUT2D eigenvalue weighted by Crippen LogP contribution is -1.95. The van der Waals surface area contributed by atoms with Crippen LogP contribution in [0.25, 0.3) is 0 Å². The molecule has 100 valence electrons. The van der Waals surface area contributed by atoms with Gasteiger partial charge in [0, 0.05) is 21.9 Å². The number of thioether (sulfide) groups is 1. The van der Waals surface area contributed by atoms with Crippen molar-refractivity contribution < 1.29 is 9.90 Å². The summed E-state index contributed by atoms with van der Waals surface area (Å²) >= 11 is 3.29. The third-order valence-corrected chi connectivity index (χ3v) is 4.75. The van der Waals surface area contributed by atoms with Gasteiger partial charge in [-0.05, 0) is 18.2 Å². The first kappa shape index (κ1) is 14.1. The summed E-state index contributed by atoms with van der Waals surface area (Å²) in [7, 11) is 0. The SMILES string of the molecule is CC(C)c1nc(CSc2cccc(C(=O)O)c2)cs1. The molecule has 0 unspecified atom stereocenters. The zero-order chi connectivity index (χ0) is 13.8. The number of carbonyl (C=O) groups is 1. The van der Waals surface area contributed by atoms with Crippen molar-refractivity contribution in [2.75, 3.05) is 0 Å². The number of carboxylic acids is 1. The molecule has 2 aromatic rings. The molecule has 0 atom stereocenters. The molecule has 1 N–H and O–H groups in total. The summed E-state index contributed by atoms with van der Waals surface area (Å²) in [5, 5.41) is 12.2. The topological polar surface area (TPSA) is 50.2 Å². The van der Waals surface area contributed by atoms with Crippen LogP contribution in [0.2, 0.25) is 0 Å². The van der Waals surface area contributed by atoms with Gasteiger partial charge in [-0.3, -0.25) is 0 Å². The van der Waals surface area contributed by atoms with E-state index in [1.807, 2.05) is 6.07 Å². The predicted molar refractivity (Wildman–Crippen MR) is 79.2 cm³/mol. The smallest absolute Gasteiger partial charge is 0.335 e. The average molecular weight is 293 g/mol. The molecule has 1 aromatic carbocycles. The largest absolute Gasteiger partial charge is 0.478 e. The monoisotopic (exact) mass is 293 g/mol. The fourth-order valence-electron chi connectivity index (χ4n) is 1.53. The molecule has 0 spiro atoms. The summed E-state index contributed by atoms with van der Waals surface area (Å²) in [5.41, 5.74) is 1.38. The molecule has 2 rings (SSSR count). The van der Waals surface area contributed by atoms with E-state index in [-0.39, 0.29) is 0 Å². The van der Waals surface area contributed by atoms with E-state index in [4.69, 9.17) is 5.11 Å². The van der Waals surface area contributed by atoms with Crippen LogP contribution in [0.4, 0.5) is 0 Å². The number of benzene rings is 1. The number of hydrogen-bond acceptors (Lipinski definition) is 4. The Morgan fingerprint density at radius 1 is 1.47 bits per heavy atom. The highest BCUT2D eigenvalue weighted by Crippen LogP contribution is 2.26. The summed E-state index contributed by atoms with van der Waals surface area (Å²) in [6.07, 6.45) is 0. The van der Waals surface area contributed by atoms with Gasteiger partial charge in [-0.15, -0.1) is 23.1 Å². The highest BCUT2D eigenvalue weighted by Gasteiger charge is 2.07.